The Balaban J connectivity index is 0.000000233. The molecule has 1 saturated carbocycles. The number of rotatable bonds is 4. The maximum Gasteiger partial charge on any atom is 0.410 e. The first-order valence-corrected chi connectivity index (χ1v) is 18.5. The molecular formula is C40H60N6O6. The second-order valence-corrected chi connectivity index (χ2v) is 17.7. The average molecular weight is 721 g/mol. The van der Waals surface area contributed by atoms with Crippen molar-refractivity contribution in [2.24, 2.45) is 0 Å². The van der Waals surface area contributed by atoms with Crippen LogP contribution in [0.4, 0.5) is 9.59 Å². The largest absolute Gasteiger partial charge is 0.444 e. The van der Waals surface area contributed by atoms with Gasteiger partial charge in [-0.05, 0) is 112 Å². The van der Waals surface area contributed by atoms with Crippen molar-refractivity contribution < 1.29 is 28.7 Å². The molecule has 1 aliphatic carbocycles. The van der Waals surface area contributed by atoms with Crippen LogP contribution < -0.4 is 0 Å². The standard InChI is InChI=1S/C20H29N3O3.C20H31N3O3/c1-19(2,3)26-18(25)23-12-11-22(13-20(23,4)5)17(24)16-8-6-7-15(21-16)14-9-10-14;1-14(2)15-9-8-10-16(21-15)17(24)22-11-12-23(20(6,7)13-22)18(25)26-19(3,4)5/h6-8,14H,9-13H2,1-5H3;8-10,14H,11-13H2,1-7H3. The Morgan fingerprint density at radius 1 is 0.673 bits per heavy atom. The van der Waals surface area contributed by atoms with Crippen LogP contribution in [-0.2, 0) is 9.47 Å². The van der Waals surface area contributed by atoms with E-state index < -0.39 is 22.3 Å². The van der Waals surface area contributed by atoms with Gasteiger partial charge in [-0.3, -0.25) is 19.4 Å². The molecule has 2 aromatic rings. The second kappa shape index (κ2) is 15.4. The van der Waals surface area contributed by atoms with Crippen molar-refractivity contribution >= 4 is 24.0 Å². The van der Waals surface area contributed by atoms with Gasteiger partial charge in [0.1, 0.15) is 22.6 Å². The quantitative estimate of drug-likeness (QED) is 0.328. The third-order valence-corrected chi connectivity index (χ3v) is 9.17. The predicted octanol–water partition coefficient (Wildman–Crippen LogP) is 7.11. The van der Waals surface area contributed by atoms with E-state index in [-0.39, 0.29) is 29.9 Å². The highest BCUT2D eigenvalue weighted by atomic mass is 16.6. The van der Waals surface area contributed by atoms with Crippen LogP contribution in [0.25, 0.3) is 0 Å². The minimum absolute atomic E-state index is 0.0654. The van der Waals surface area contributed by atoms with Gasteiger partial charge < -0.3 is 19.3 Å². The average Bonchev–Trinajstić information content (AvgIpc) is 3.88. The van der Waals surface area contributed by atoms with Gasteiger partial charge in [-0.2, -0.15) is 0 Å². The van der Waals surface area contributed by atoms with E-state index in [1.807, 2.05) is 93.5 Å². The molecule has 0 spiro atoms. The van der Waals surface area contributed by atoms with Gasteiger partial charge >= 0.3 is 12.2 Å². The zero-order valence-electron chi connectivity index (χ0n) is 33.4. The Morgan fingerprint density at radius 3 is 1.48 bits per heavy atom. The predicted molar refractivity (Wildman–Crippen MR) is 200 cm³/mol. The van der Waals surface area contributed by atoms with E-state index in [0.717, 1.165) is 24.2 Å². The monoisotopic (exact) mass is 720 g/mol. The summed E-state index contributed by atoms with van der Waals surface area (Å²) in [7, 11) is 0. The molecule has 52 heavy (non-hydrogen) atoms. The number of amides is 4. The van der Waals surface area contributed by atoms with E-state index >= 15 is 0 Å². The minimum Gasteiger partial charge on any atom is -0.444 e. The number of piperazine rings is 2. The van der Waals surface area contributed by atoms with Gasteiger partial charge in [-0.15, -0.1) is 0 Å². The van der Waals surface area contributed by atoms with Gasteiger partial charge in [-0.25, -0.2) is 19.6 Å². The van der Waals surface area contributed by atoms with E-state index in [1.54, 1.807) is 31.7 Å². The summed E-state index contributed by atoms with van der Waals surface area (Å²) in [5.74, 6) is 0.625. The molecule has 0 radical (unpaired) electrons. The van der Waals surface area contributed by atoms with Crippen molar-refractivity contribution in [1.82, 2.24) is 29.6 Å². The summed E-state index contributed by atoms with van der Waals surface area (Å²) < 4.78 is 11.0. The molecule has 3 fully saturated rings. The van der Waals surface area contributed by atoms with Gasteiger partial charge in [0, 0.05) is 56.6 Å². The zero-order chi connectivity index (χ0) is 38.8. The molecular weight excluding hydrogens is 660 g/mol. The molecule has 0 bridgehead atoms. The fraction of sp³-hybridized carbons (Fsp3) is 0.650. The normalized spacial score (nSPS) is 18.7. The van der Waals surface area contributed by atoms with Crippen LogP contribution in [0, 0.1) is 0 Å². The number of hydrogen-bond acceptors (Lipinski definition) is 8. The lowest BCUT2D eigenvalue weighted by Gasteiger charge is -2.46. The van der Waals surface area contributed by atoms with E-state index in [1.165, 1.54) is 0 Å². The molecule has 4 heterocycles. The lowest BCUT2D eigenvalue weighted by Crippen LogP contribution is -2.62. The Morgan fingerprint density at radius 2 is 1.10 bits per heavy atom. The fourth-order valence-corrected chi connectivity index (χ4v) is 6.36. The van der Waals surface area contributed by atoms with Crippen LogP contribution in [0.2, 0.25) is 0 Å². The first-order valence-electron chi connectivity index (χ1n) is 18.5. The number of carbonyl (C=O) groups excluding carboxylic acids is 4. The number of pyridine rings is 2. The van der Waals surface area contributed by atoms with Gasteiger partial charge in [0.2, 0.25) is 0 Å². The maximum atomic E-state index is 12.9. The maximum absolute atomic E-state index is 12.9. The van der Waals surface area contributed by atoms with E-state index in [2.05, 4.69) is 23.8 Å². The molecule has 2 aromatic heterocycles. The molecule has 5 rings (SSSR count). The highest BCUT2D eigenvalue weighted by molar-refractivity contribution is 5.93. The van der Waals surface area contributed by atoms with Crippen molar-refractivity contribution in [3.63, 3.8) is 0 Å². The Labute approximate surface area is 310 Å². The number of hydrogen-bond donors (Lipinski definition) is 0. The molecule has 2 aliphatic heterocycles. The number of nitrogens with zero attached hydrogens (tertiary/aromatic N) is 6. The summed E-state index contributed by atoms with van der Waals surface area (Å²) in [5.41, 5.74) is 0.795. The van der Waals surface area contributed by atoms with Gasteiger partial charge in [0.25, 0.3) is 11.8 Å². The summed E-state index contributed by atoms with van der Waals surface area (Å²) in [4.78, 5) is 66.8. The van der Waals surface area contributed by atoms with Crippen LogP contribution in [-0.4, -0.2) is 115 Å². The summed E-state index contributed by atoms with van der Waals surface area (Å²) >= 11 is 0. The summed E-state index contributed by atoms with van der Waals surface area (Å²) in [5, 5.41) is 0. The molecule has 4 amide bonds. The summed E-state index contributed by atoms with van der Waals surface area (Å²) in [6.07, 6.45) is 1.65. The molecule has 12 nitrogen and oxygen atoms in total. The third kappa shape index (κ3) is 10.7. The first kappa shape index (κ1) is 40.5. The number of aromatic nitrogens is 2. The molecule has 0 aromatic carbocycles. The molecule has 3 aliphatic rings. The Hall–Kier alpha value is -4.22. The molecule has 12 heteroatoms. The fourth-order valence-electron chi connectivity index (χ4n) is 6.36. The lowest BCUT2D eigenvalue weighted by atomic mass is 9.99. The summed E-state index contributed by atoms with van der Waals surface area (Å²) in [6.45, 7) is 25.8. The number of ether oxygens (including phenoxy) is 2. The van der Waals surface area contributed by atoms with Crippen molar-refractivity contribution in [2.75, 3.05) is 39.3 Å². The van der Waals surface area contributed by atoms with Gasteiger partial charge in [-0.1, -0.05) is 26.0 Å². The van der Waals surface area contributed by atoms with Crippen LogP contribution in [0.1, 0.15) is 140 Å². The van der Waals surface area contributed by atoms with Crippen LogP contribution >= 0.6 is 0 Å². The topological polar surface area (TPSA) is 125 Å². The molecule has 0 N–H and O–H groups in total. The molecule has 2 saturated heterocycles. The Kier molecular flexibility index (Phi) is 12.0. The van der Waals surface area contributed by atoms with Crippen molar-refractivity contribution in [1.29, 1.82) is 0 Å². The summed E-state index contributed by atoms with van der Waals surface area (Å²) in [6, 6.07) is 11.3. The number of carbonyl (C=O) groups is 4. The molecule has 0 atom stereocenters. The van der Waals surface area contributed by atoms with Gasteiger partial charge in [0.05, 0.1) is 11.1 Å². The van der Waals surface area contributed by atoms with E-state index in [4.69, 9.17) is 9.47 Å². The second-order valence-electron chi connectivity index (χ2n) is 17.7. The SMILES string of the molecule is CC(C)(C)OC(=O)N1CCN(C(=O)c2cccc(C3CC3)n2)CC1(C)C.CC(C)c1cccc(C(=O)N2CCN(C(=O)OC(C)(C)C)C(C)(C)C2)n1. The third-order valence-electron chi connectivity index (χ3n) is 9.17. The van der Waals surface area contributed by atoms with E-state index in [9.17, 15) is 19.2 Å². The zero-order valence-corrected chi connectivity index (χ0v) is 33.4. The first-order chi connectivity index (χ1) is 24.0. The van der Waals surface area contributed by atoms with Crippen molar-refractivity contribution in [3.8, 4) is 0 Å². The lowest BCUT2D eigenvalue weighted by molar-refractivity contribution is -0.0209. The van der Waals surface area contributed by atoms with Gasteiger partial charge in [0.15, 0.2) is 0 Å². The smallest absolute Gasteiger partial charge is 0.410 e. The minimum atomic E-state index is -0.540. The van der Waals surface area contributed by atoms with Crippen LogP contribution in [0.3, 0.4) is 0 Å². The van der Waals surface area contributed by atoms with Crippen LogP contribution in [0.5, 0.6) is 0 Å². The van der Waals surface area contributed by atoms with Crippen LogP contribution in [0.15, 0.2) is 36.4 Å². The Bertz CT molecular complexity index is 1510. The molecule has 0 unspecified atom stereocenters. The molecule has 286 valence electrons. The highest BCUT2D eigenvalue weighted by Gasteiger charge is 2.42. The van der Waals surface area contributed by atoms with Crippen molar-refractivity contribution in [3.05, 3.63) is 59.2 Å². The van der Waals surface area contributed by atoms with E-state index in [0.29, 0.717) is 56.6 Å². The van der Waals surface area contributed by atoms with Crippen molar-refractivity contribution in [2.45, 2.75) is 130 Å². The highest BCUT2D eigenvalue weighted by Crippen LogP contribution is 2.39.